The zero-order chi connectivity index (χ0) is 19.6. The van der Waals surface area contributed by atoms with Gasteiger partial charge in [-0.2, -0.15) is 5.10 Å². The molecule has 146 valence electrons. The van der Waals surface area contributed by atoms with Crippen molar-refractivity contribution in [1.82, 2.24) is 19.2 Å². The van der Waals surface area contributed by atoms with E-state index >= 15 is 0 Å². The predicted molar refractivity (Wildman–Crippen MR) is 97.8 cm³/mol. The fraction of sp³-hybridized carbons (Fsp3) is 0.444. The number of ether oxygens (including phenoxy) is 1. The molecule has 1 aromatic carbocycles. The topological polar surface area (TPSA) is 35.2 Å². The summed E-state index contributed by atoms with van der Waals surface area (Å²) in [6.45, 7) is 4.99. The number of allylic oxidation sites excluding steroid dienone is 1. The maximum atomic E-state index is 12.6. The Bertz CT molecular complexity index is 870. The van der Waals surface area contributed by atoms with Crippen LogP contribution in [-0.4, -0.2) is 32.7 Å². The molecule has 0 saturated heterocycles. The van der Waals surface area contributed by atoms with Gasteiger partial charge in [-0.3, -0.25) is 9.47 Å². The van der Waals surface area contributed by atoms with E-state index in [9.17, 15) is 13.2 Å². The van der Waals surface area contributed by atoms with Gasteiger partial charge in [0.1, 0.15) is 11.6 Å². The van der Waals surface area contributed by atoms with Crippen molar-refractivity contribution < 1.29 is 17.9 Å². The van der Waals surface area contributed by atoms with Crippen LogP contribution in [0.2, 0.25) is 0 Å². The van der Waals surface area contributed by atoms with Crippen molar-refractivity contribution in [3.05, 3.63) is 53.1 Å². The van der Waals surface area contributed by atoms with Gasteiger partial charge in [-0.25, -0.2) is 4.68 Å². The van der Waals surface area contributed by atoms with E-state index < -0.39 is 6.36 Å². The maximum absolute atomic E-state index is 12.6. The summed E-state index contributed by atoms with van der Waals surface area (Å²) in [5, 5.41) is 4.63. The molecule has 1 aliphatic rings. The third kappa shape index (κ3) is 4.98. The molecule has 2 aromatic rings. The standard InChI is InChI=1S/C18H21F3N4OS/c1-3-10-24-16(13-8-9-13)22-25(17(24)27)12-23(2)11-14-6-4-5-7-15(14)26-18(19,20)21/h3-7,13H,1,8-12H2,2H3. The molecular formula is C18H21F3N4OS. The molecule has 1 aromatic heterocycles. The molecule has 1 aliphatic carbocycles. The molecule has 9 heteroatoms. The van der Waals surface area contributed by atoms with Crippen LogP contribution in [-0.2, 0) is 19.8 Å². The number of hydrogen-bond donors (Lipinski definition) is 0. The van der Waals surface area contributed by atoms with Crippen LogP contribution in [0.5, 0.6) is 5.75 Å². The normalized spacial score (nSPS) is 14.6. The molecule has 1 saturated carbocycles. The van der Waals surface area contributed by atoms with Gasteiger partial charge >= 0.3 is 6.36 Å². The molecule has 27 heavy (non-hydrogen) atoms. The van der Waals surface area contributed by atoms with Gasteiger partial charge in [0.2, 0.25) is 0 Å². The highest BCUT2D eigenvalue weighted by Crippen LogP contribution is 2.39. The number of rotatable bonds is 8. The average Bonchev–Trinajstić information content (AvgIpc) is 3.37. The first kappa shape index (κ1) is 19.6. The van der Waals surface area contributed by atoms with E-state index in [-0.39, 0.29) is 12.3 Å². The molecule has 0 spiro atoms. The number of hydrogen-bond acceptors (Lipinski definition) is 4. The van der Waals surface area contributed by atoms with Gasteiger partial charge in [-0.05, 0) is 38.2 Å². The summed E-state index contributed by atoms with van der Waals surface area (Å²) in [5.74, 6) is 1.18. The minimum atomic E-state index is -4.72. The third-order valence-electron chi connectivity index (χ3n) is 4.22. The molecule has 1 fully saturated rings. The van der Waals surface area contributed by atoms with Gasteiger partial charge in [0.05, 0.1) is 6.67 Å². The van der Waals surface area contributed by atoms with E-state index in [1.807, 2.05) is 9.47 Å². The van der Waals surface area contributed by atoms with E-state index in [1.54, 1.807) is 29.9 Å². The van der Waals surface area contributed by atoms with Crippen LogP contribution in [0.15, 0.2) is 36.9 Å². The first-order chi connectivity index (χ1) is 12.8. The van der Waals surface area contributed by atoms with Gasteiger partial charge in [0.15, 0.2) is 4.77 Å². The molecule has 1 heterocycles. The molecule has 0 bridgehead atoms. The Hall–Kier alpha value is -2.13. The van der Waals surface area contributed by atoms with E-state index in [4.69, 9.17) is 12.2 Å². The first-order valence-corrected chi connectivity index (χ1v) is 9.00. The maximum Gasteiger partial charge on any atom is 0.573 e. The highest BCUT2D eigenvalue weighted by Gasteiger charge is 2.32. The summed E-state index contributed by atoms with van der Waals surface area (Å²) in [7, 11) is 1.80. The fourth-order valence-corrected chi connectivity index (χ4v) is 3.19. The molecule has 0 aliphatic heterocycles. The highest BCUT2D eigenvalue weighted by atomic mass is 32.1. The summed E-state index contributed by atoms with van der Waals surface area (Å²) >= 11 is 5.52. The largest absolute Gasteiger partial charge is 0.573 e. The minimum Gasteiger partial charge on any atom is -0.405 e. The lowest BCUT2D eigenvalue weighted by atomic mass is 10.2. The Morgan fingerprint density at radius 3 is 2.70 bits per heavy atom. The summed E-state index contributed by atoms with van der Waals surface area (Å²) in [6.07, 6.45) is -0.746. The zero-order valence-corrected chi connectivity index (χ0v) is 15.8. The summed E-state index contributed by atoms with van der Waals surface area (Å²) < 4.78 is 46.1. The molecule has 0 N–H and O–H groups in total. The lowest BCUT2D eigenvalue weighted by Gasteiger charge is -2.19. The van der Waals surface area contributed by atoms with Crippen LogP contribution in [0.1, 0.15) is 30.1 Å². The minimum absolute atomic E-state index is 0.198. The Kier molecular flexibility index (Phi) is 5.71. The van der Waals surface area contributed by atoms with Gasteiger partial charge in [-0.1, -0.05) is 24.3 Å². The quantitative estimate of drug-likeness (QED) is 0.486. The van der Waals surface area contributed by atoms with Crippen molar-refractivity contribution >= 4 is 12.2 Å². The van der Waals surface area contributed by atoms with Crippen LogP contribution < -0.4 is 4.74 Å². The Labute approximate surface area is 160 Å². The zero-order valence-electron chi connectivity index (χ0n) is 14.9. The monoisotopic (exact) mass is 398 g/mol. The number of halogens is 3. The van der Waals surface area contributed by atoms with Gasteiger partial charge in [0.25, 0.3) is 0 Å². The van der Waals surface area contributed by atoms with E-state index in [0.29, 0.717) is 29.5 Å². The number of alkyl halides is 3. The second-order valence-electron chi connectivity index (χ2n) is 6.62. The first-order valence-electron chi connectivity index (χ1n) is 8.59. The third-order valence-corrected chi connectivity index (χ3v) is 4.65. The SMILES string of the molecule is C=CCn1c(C2CC2)nn(CN(C)Cc2ccccc2OC(F)(F)F)c1=S. The summed E-state index contributed by atoms with van der Waals surface area (Å²) in [4.78, 5) is 1.84. The predicted octanol–water partition coefficient (Wildman–Crippen LogP) is 4.47. The van der Waals surface area contributed by atoms with E-state index in [0.717, 1.165) is 18.7 Å². The Balaban J connectivity index is 1.75. The van der Waals surface area contributed by atoms with Crippen molar-refractivity contribution in [2.24, 2.45) is 0 Å². The van der Waals surface area contributed by atoms with E-state index in [1.165, 1.54) is 12.1 Å². The van der Waals surface area contributed by atoms with Gasteiger partial charge < -0.3 is 4.74 Å². The van der Waals surface area contributed by atoms with Crippen LogP contribution in [0, 0.1) is 4.77 Å². The summed E-state index contributed by atoms with van der Waals surface area (Å²) in [6, 6.07) is 6.12. The van der Waals surface area contributed by atoms with Crippen LogP contribution >= 0.6 is 12.2 Å². The lowest BCUT2D eigenvalue weighted by Crippen LogP contribution is -2.24. The Morgan fingerprint density at radius 1 is 1.37 bits per heavy atom. The molecule has 0 radical (unpaired) electrons. The van der Waals surface area contributed by atoms with Crippen molar-refractivity contribution in [3.63, 3.8) is 0 Å². The number of para-hydroxylation sites is 1. The lowest BCUT2D eigenvalue weighted by molar-refractivity contribution is -0.275. The van der Waals surface area contributed by atoms with Crippen molar-refractivity contribution in [2.75, 3.05) is 7.05 Å². The van der Waals surface area contributed by atoms with E-state index in [2.05, 4.69) is 16.4 Å². The van der Waals surface area contributed by atoms with Gasteiger partial charge in [-0.15, -0.1) is 19.8 Å². The molecule has 0 atom stereocenters. The Morgan fingerprint density at radius 2 is 2.07 bits per heavy atom. The number of aromatic nitrogens is 3. The molecular weight excluding hydrogens is 377 g/mol. The second-order valence-corrected chi connectivity index (χ2v) is 6.99. The second kappa shape index (κ2) is 7.85. The number of benzene rings is 1. The smallest absolute Gasteiger partial charge is 0.405 e. The summed E-state index contributed by atoms with van der Waals surface area (Å²) in [5.41, 5.74) is 0.441. The molecule has 0 amide bonds. The molecule has 5 nitrogen and oxygen atoms in total. The van der Waals surface area contributed by atoms with Crippen molar-refractivity contribution in [3.8, 4) is 5.75 Å². The molecule has 3 rings (SSSR count). The van der Waals surface area contributed by atoms with Crippen molar-refractivity contribution in [1.29, 1.82) is 0 Å². The highest BCUT2D eigenvalue weighted by molar-refractivity contribution is 7.71. The fourth-order valence-electron chi connectivity index (χ4n) is 2.92. The van der Waals surface area contributed by atoms with Crippen LogP contribution in [0.25, 0.3) is 0 Å². The molecule has 0 unspecified atom stereocenters. The van der Waals surface area contributed by atoms with Gasteiger partial charge in [0, 0.05) is 24.6 Å². The number of nitrogens with zero attached hydrogens (tertiary/aromatic N) is 4. The van der Waals surface area contributed by atoms with Crippen LogP contribution in [0.4, 0.5) is 13.2 Å². The van der Waals surface area contributed by atoms with Crippen molar-refractivity contribution in [2.45, 2.75) is 44.9 Å². The average molecular weight is 398 g/mol. The van der Waals surface area contributed by atoms with Crippen LogP contribution in [0.3, 0.4) is 0 Å².